The molecule has 58 heavy (non-hydrogen) atoms. The molecular formula is C34H49BrO23. The predicted octanol–water partition coefficient (Wildman–Crippen LogP) is -2.16. The van der Waals surface area contributed by atoms with Crippen LogP contribution in [0.1, 0.15) is 48.5 Å². The van der Waals surface area contributed by atoms with E-state index in [0.29, 0.717) is 5.33 Å². The molecule has 23 nitrogen and oxygen atoms in total. The smallest absolute Gasteiger partial charge is 0.303 e. The van der Waals surface area contributed by atoms with Crippen LogP contribution in [-0.4, -0.2) is 181 Å². The van der Waals surface area contributed by atoms with Crippen molar-refractivity contribution in [3.63, 3.8) is 0 Å². The van der Waals surface area contributed by atoms with E-state index in [2.05, 4.69) is 15.9 Å². The van der Waals surface area contributed by atoms with Crippen LogP contribution in [0.4, 0.5) is 0 Å². The molecule has 0 amide bonds. The van der Waals surface area contributed by atoms with Crippen molar-refractivity contribution in [2.75, 3.05) is 31.8 Å². The second-order valence-electron chi connectivity index (χ2n) is 13.0. The maximum atomic E-state index is 12.7. The van der Waals surface area contributed by atoms with Gasteiger partial charge in [-0.15, -0.1) is 0 Å². The monoisotopic (exact) mass is 904 g/mol. The quantitative estimate of drug-likeness (QED) is 0.0796. The zero-order valence-electron chi connectivity index (χ0n) is 32.6. The minimum Gasteiger partial charge on any atom is -0.463 e. The van der Waals surface area contributed by atoms with E-state index in [0.717, 1.165) is 48.5 Å². The van der Waals surface area contributed by atoms with Gasteiger partial charge in [-0.3, -0.25) is 33.6 Å². The molecule has 0 saturated carbocycles. The van der Waals surface area contributed by atoms with Crippen molar-refractivity contribution in [1.29, 1.82) is 0 Å². The lowest BCUT2D eigenvalue weighted by Gasteiger charge is -2.50. The molecule has 3 N–H and O–H groups in total. The summed E-state index contributed by atoms with van der Waals surface area (Å²) in [6.07, 6.45) is -25.4. The Balaban J connectivity index is 2.16. The van der Waals surface area contributed by atoms with Crippen molar-refractivity contribution in [2.24, 2.45) is 0 Å². The van der Waals surface area contributed by atoms with Crippen LogP contribution in [0.25, 0.3) is 0 Å². The standard InChI is InChI=1S/C34H49BrO23/c1-13(37)47-11-21-26(49-15(3)39)28(50-16(4)40)30(52-18(6)42)34(55-21)58-27-22(12-48-14(2)38)56-33(31(53-19(7)43)29(27)51-17(5)41)57-25-20(10-36)54-32(46-9-8-35)24(45)23(25)44/h20-34,36,44-45H,8-12H2,1-7H3/t20-,21-,22-,23-,24-,25-,26+,27+,28+,29+,30-,31-,32-,33+,34-/m1/s1. The maximum absolute atomic E-state index is 12.7. The molecule has 0 aromatic heterocycles. The Morgan fingerprint density at radius 2 is 0.862 bits per heavy atom. The molecule has 3 aliphatic rings. The molecule has 0 aromatic rings. The number of alkyl halides is 1. The number of aliphatic hydroxyl groups is 3. The highest BCUT2D eigenvalue weighted by atomic mass is 79.9. The molecule has 3 rings (SSSR count). The Hall–Kier alpha value is -3.59. The molecule has 0 spiro atoms. The molecule has 3 heterocycles. The average molecular weight is 906 g/mol. The molecular weight excluding hydrogens is 856 g/mol. The number of hydrogen-bond acceptors (Lipinski definition) is 23. The van der Waals surface area contributed by atoms with Gasteiger partial charge >= 0.3 is 41.8 Å². The highest BCUT2D eigenvalue weighted by Crippen LogP contribution is 2.37. The van der Waals surface area contributed by atoms with Gasteiger partial charge in [0.2, 0.25) is 0 Å². The summed E-state index contributed by atoms with van der Waals surface area (Å²) < 4.78 is 73.4. The first-order chi connectivity index (χ1) is 27.3. The van der Waals surface area contributed by atoms with E-state index < -0.39 is 154 Å². The highest BCUT2D eigenvalue weighted by molar-refractivity contribution is 9.09. The Labute approximate surface area is 340 Å². The number of aliphatic hydroxyl groups excluding tert-OH is 3. The van der Waals surface area contributed by atoms with Crippen molar-refractivity contribution >= 4 is 57.7 Å². The highest BCUT2D eigenvalue weighted by Gasteiger charge is 2.59. The third kappa shape index (κ3) is 13.7. The molecule has 15 atom stereocenters. The SMILES string of the molecule is CC(=O)OC[C@H]1O[C@H](O[C@@H]2[C@H](OC(C)=O)[C@@H](OC(C)=O)[C@H](O[C@H]3[C@H](O)[C@@H](O)[C@H](OCCBr)O[C@@H]3CO)O[C@@H]2COC(C)=O)[C@H](OC(C)=O)[C@@H](OC(C)=O)[C@H]1OC(C)=O. The lowest BCUT2D eigenvalue weighted by molar-refractivity contribution is -0.379. The van der Waals surface area contributed by atoms with Gasteiger partial charge in [0.1, 0.15) is 55.9 Å². The van der Waals surface area contributed by atoms with Crippen molar-refractivity contribution in [3.8, 4) is 0 Å². The Morgan fingerprint density at radius 3 is 1.28 bits per heavy atom. The van der Waals surface area contributed by atoms with Crippen LogP contribution < -0.4 is 0 Å². The fraction of sp³-hybridized carbons (Fsp3) is 0.794. The van der Waals surface area contributed by atoms with E-state index in [1.807, 2.05) is 0 Å². The van der Waals surface area contributed by atoms with Gasteiger partial charge in [-0.05, 0) is 0 Å². The Bertz CT molecular complexity index is 1440. The number of rotatable bonds is 17. The van der Waals surface area contributed by atoms with E-state index in [4.69, 9.17) is 61.6 Å². The van der Waals surface area contributed by atoms with Crippen molar-refractivity contribution < 1.29 is 110 Å². The molecule has 0 aliphatic carbocycles. The Morgan fingerprint density at radius 1 is 0.483 bits per heavy atom. The van der Waals surface area contributed by atoms with Crippen LogP contribution in [0, 0.1) is 0 Å². The van der Waals surface area contributed by atoms with Crippen molar-refractivity contribution in [3.05, 3.63) is 0 Å². The molecule has 0 radical (unpaired) electrons. The maximum Gasteiger partial charge on any atom is 0.303 e. The van der Waals surface area contributed by atoms with E-state index in [1.165, 1.54) is 0 Å². The zero-order chi connectivity index (χ0) is 43.4. The van der Waals surface area contributed by atoms with Crippen LogP contribution in [0.2, 0.25) is 0 Å². The van der Waals surface area contributed by atoms with Crippen LogP contribution in [-0.2, 0) is 95.1 Å². The van der Waals surface area contributed by atoms with Crippen molar-refractivity contribution in [2.45, 2.75) is 141 Å². The number of esters is 7. The molecule has 3 aliphatic heterocycles. The van der Waals surface area contributed by atoms with Crippen LogP contribution in [0.15, 0.2) is 0 Å². The lowest BCUT2D eigenvalue weighted by atomic mass is 9.95. The predicted molar refractivity (Wildman–Crippen MR) is 186 cm³/mol. The number of carbonyl (C=O) groups is 7. The zero-order valence-corrected chi connectivity index (χ0v) is 34.2. The number of halogens is 1. The summed E-state index contributed by atoms with van der Waals surface area (Å²) in [4.78, 5) is 86.3. The summed E-state index contributed by atoms with van der Waals surface area (Å²) >= 11 is 3.17. The van der Waals surface area contributed by atoms with Gasteiger partial charge in [0.25, 0.3) is 0 Å². The van der Waals surface area contributed by atoms with Gasteiger partial charge in [0.15, 0.2) is 49.4 Å². The van der Waals surface area contributed by atoms with Crippen LogP contribution in [0.5, 0.6) is 0 Å². The summed E-state index contributed by atoms with van der Waals surface area (Å²) in [5.74, 6) is -6.47. The fourth-order valence-electron chi connectivity index (χ4n) is 6.26. The molecule has 3 saturated heterocycles. The molecule has 3 fully saturated rings. The molecule has 24 heteroatoms. The van der Waals surface area contributed by atoms with Gasteiger partial charge < -0.3 is 76.9 Å². The van der Waals surface area contributed by atoms with E-state index in [1.54, 1.807) is 0 Å². The normalized spacial score (nSPS) is 34.8. The van der Waals surface area contributed by atoms with Crippen LogP contribution >= 0.6 is 15.9 Å². The third-order valence-corrected chi connectivity index (χ3v) is 8.68. The second kappa shape index (κ2) is 22.7. The minimum absolute atomic E-state index is 0.0429. The second-order valence-corrected chi connectivity index (χ2v) is 13.8. The first kappa shape index (κ1) is 48.8. The third-order valence-electron chi connectivity index (χ3n) is 8.36. The molecule has 0 bridgehead atoms. The van der Waals surface area contributed by atoms with Gasteiger partial charge in [-0.2, -0.15) is 0 Å². The van der Waals surface area contributed by atoms with Gasteiger partial charge in [0.05, 0.1) is 13.2 Å². The summed E-state index contributed by atoms with van der Waals surface area (Å²) in [6.45, 7) is 4.97. The summed E-state index contributed by atoms with van der Waals surface area (Å²) in [6, 6.07) is 0. The fourth-order valence-corrected chi connectivity index (χ4v) is 6.44. The minimum atomic E-state index is -1.92. The number of hydrogen-bond donors (Lipinski definition) is 3. The molecule has 330 valence electrons. The van der Waals surface area contributed by atoms with Crippen molar-refractivity contribution in [1.82, 2.24) is 0 Å². The Kier molecular flexibility index (Phi) is 19.1. The lowest BCUT2D eigenvalue weighted by Crippen LogP contribution is -2.68. The average Bonchev–Trinajstić information content (AvgIpc) is 3.11. The van der Waals surface area contributed by atoms with Gasteiger partial charge in [-0.1, -0.05) is 15.9 Å². The van der Waals surface area contributed by atoms with Crippen LogP contribution in [0.3, 0.4) is 0 Å². The topological polar surface area (TPSA) is 300 Å². The molecule has 0 unspecified atom stereocenters. The summed E-state index contributed by atoms with van der Waals surface area (Å²) in [5.41, 5.74) is 0. The first-order valence-electron chi connectivity index (χ1n) is 17.8. The van der Waals surface area contributed by atoms with Gasteiger partial charge in [0, 0.05) is 53.8 Å². The van der Waals surface area contributed by atoms with E-state index >= 15 is 0 Å². The summed E-state index contributed by atoms with van der Waals surface area (Å²) in [7, 11) is 0. The van der Waals surface area contributed by atoms with Gasteiger partial charge in [-0.25, -0.2) is 0 Å². The van der Waals surface area contributed by atoms with E-state index in [-0.39, 0.29) is 6.61 Å². The molecule has 0 aromatic carbocycles. The largest absolute Gasteiger partial charge is 0.463 e. The first-order valence-corrected chi connectivity index (χ1v) is 18.9. The number of carbonyl (C=O) groups excluding carboxylic acids is 7. The van der Waals surface area contributed by atoms with E-state index in [9.17, 15) is 48.9 Å². The summed E-state index contributed by atoms with van der Waals surface area (Å²) in [5, 5.41) is 32.5. The number of ether oxygens (including phenoxy) is 13.